The van der Waals surface area contributed by atoms with Gasteiger partial charge in [0.05, 0.1) is 13.2 Å². The van der Waals surface area contributed by atoms with Crippen LogP contribution in [0, 0.1) is 5.82 Å². The van der Waals surface area contributed by atoms with Crippen LogP contribution in [0.4, 0.5) is 4.39 Å². The first-order valence-corrected chi connectivity index (χ1v) is 7.22. The second kappa shape index (κ2) is 6.64. The smallest absolute Gasteiger partial charge is 0.271 e. The van der Waals surface area contributed by atoms with Crippen molar-refractivity contribution in [1.82, 2.24) is 10.3 Å². The number of nitrogens with two attached hydrogens (primary N) is 1. The molecule has 112 valence electrons. The van der Waals surface area contributed by atoms with Crippen molar-refractivity contribution >= 4 is 17.2 Å². The summed E-state index contributed by atoms with van der Waals surface area (Å²) < 4.78 is 18.5. The molecule has 1 aromatic heterocycles. The first kappa shape index (κ1) is 15.4. The van der Waals surface area contributed by atoms with Gasteiger partial charge in [-0.2, -0.15) is 0 Å². The van der Waals surface area contributed by atoms with Gasteiger partial charge in [0.15, 0.2) is 0 Å². The number of nitrogens with zero attached hydrogens (tertiary/aromatic N) is 1. The van der Waals surface area contributed by atoms with Gasteiger partial charge in [0.1, 0.15) is 22.3 Å². The molecule has 1 aromatic carbocycles. The third kappa shape index (κ3) is 3.56. The predicted octanol–water partition coefficient (Wildman–Crippen LogP) is 2.24. The Hall–Kier alpha value is -1.99. The Bertz CT molecular complexity index is 645. The Morgan fingerprint density at radius 3 is 2.95 bits per heavy atom. The fourth-order valence-electron chi connectivity index (χ4n) is 1.90. The van der Waals surface area contributed by atoms with Crippen molar-refractivity contribution in [2.45, 2.75) is 19.5 Å². The van der Waals surface area contributed by atoms with E-state index in [1.165, 1.54) is 36.6 Å². The maximum absolute atomic E-state index is 13.4. The molecular formula is C14H16FN3O2S. The van der Waals surface area contributed by atoms with E-state index in [1.807, 2.05) is 0 Å². The molecule has 7 heteroatoms. The van der Waals surface area contributed by atoms with Crippen molar-refractivity contribution in [2.75, 3.05) is 7.11 Å². The van der Waals surface area contributed by atoms with Gasteiger partial charge in [0.2, 0.25) is 0 Å². The predicted molar refractivity (Wildman–Crippen MR) is 78.8 cm³/mol. The van der Waals surface area contributed by atoms with Crippen LogP contribution in [0.15, 0.2) is 23.6 Å². The lowest BCUT2D eigenvalue weighted by Gasteiger charge is -2.16. The third-order valence-electron chi connectivity index (χ3n) is 2.96. The maximum atomic E-state index is 13.4. The van der Waals surface area contributed by atoms with Gasteiger partial charge in [-0.15, -0.1) is 11.3 Å². The van der Waals surface area contributed by atoms with Gasteiger partial charge >= 0.3 is 0 Å². The molecule has 2 rings (SSSR count). The molecule has 0 radical (unpaired) electrons. The molecule has 0 saturated heterocycles. The van der Waals surface area contributed by atoms with Gasteiger partial charge in [0.25, 0.3) is 5.91 Å². The second-order valence-corrected chi connectivity index (χ2v) is 5.35. The van der Waals surface area contributed by atoms with E-state index in [1.54, 1.807) is 12.3 Å². The van der Waals surface area contributed by atoms with Crippen LogP contribution in [0.2, 0.25) is 0 Å². The molecule has 1 unspecified atom stereocenters. The normalized spacial score (nSPS) is 12.0. The van der Waals surface area contributed by atoms with Gasteiger partial charge in [-0.25, -0.2) is 9.37 Å². The first-order chi connectivity index (χ1) is 10.0. The Balaban J connectivity index is 2.15. The van der Waals surface area contributed by atoms with Crippen LogP contribution >= 0.6 is 11.3 Å². The average Bonchev–Trinajstić information content (AvgIpc) is 2.96. The minimum atomic E-state index is -0.411. The Labute approximate surface area is 126 Å². The van der Waals surface area contributed by atoms with Gasteiger partial charge in [-0.3, -0.25) is 4.79 Å². The number of aromatic nitrogens is 1. The SMILES string of the molecule is COc1ccc(F)cc1C(C)NC(=O)c1csc(CN)n1. The number of hydrogen-bond acceptors (Lipinski definition) is 5. The van der Waals surface area contributed by atoms with E-state index in [9.17, 15) is 9.18 Å². The molecule has 0 fully saturated rings. The molecule has 0 aliphatic rings. The summed E-state index contributed by atoms with van der Waals surface area (Å²) >= 11 is 1.33. The van der Waals surface area contributed by atoms with Crippen LogP contribution in [0.3, 0.4) is 0 Å². The van der Waals surface area contributed by atoms with Crippen molar-refractivity contribution in [3.63, 3.8) is 0 Å². The molecule has 2 aromatic rings. The number of rotatable bonds is 5. The number of thiazole rings is 1. The quantitative estimate of drug-likeness (QED) is 0.888. The van der Waals surface area contributed by atoms with Gasteiger partial charge in [-0.1, -0.05) is 0 Å². The molecule has 1 atom stereocenters. The minimum Gasteiger partial charge on any atom is -0.496 e. The van der Waals surface area contributed by atoms with Crippen LogP contribution in [0.1, 0.15) is 34.0 Å². The summed E-state index contributed by atoms with van der Waals surface area (Å²) in [6, 6.07) is 3.77. The highest BCUT2D eigenvalue weighted by atomic mass is 32.1. The lowest BCUT2D eigenvalue weighted by Crippen LogP contribution is -2.27. The number of halogens is 1. The van der Waals surface area contributed by atoms with Crippen molar-refractivity contribution in [1.29, 1.82) is 0 Å². The van der Waals surface area contributed by atoms with Crippen molar-refractivity contribution in [3.05, 3.63) is 45.7 Å². The van der Waals surface area contributed by atoms with E-state index in [4.69, 9.17) is 10.5 Å². The molecule has 0 saturated carbocycles. The molecule has 3 N–H and O–H groups in total. The van der Waals surface area contributed by atoms with Crippen molar-refractivity contribution in [2.24, 2.45) is 5.73 Å². The summed E-state index contributed by atoms with van der Waals surface area (Å²) in [5.41, 5.74) is 6.35. The summed E-state index contributed by atoms with van der Waals surface area (Å²) in [4.78, 5) is 16.2. The van der Waals surface area contributed by atoms with E-state index in [0.29, 0.717) is 28.6 Å². The van der Waals surface area contributed by atoms with E-state index in [2.05, 4.69) is 10.3 Å². The van der Waals surface area contributed by atoms with Crippen molar-refractivity contribution in [3.8, 4) is 5.75 Å². The highest BCUT2D eigenvalue weighted by molar-refractivity contribution is 7.09. The molecule has 21 heavy (non-hydrogen) atoms. The third-order valence-corrected chi connectivity index (χ3v) is 3.84. The van der Waals surface area contributed by atoms with E-state index >= 15 is 0 Å². The number of hydrogen-bond donors (Lipinski definition) is 2. The number of methoxy groups -OCH3 is 1. The summed E-state index contributed by atoms with van der Waals surface area (Å²) in [5.74, 6) is -0.194. The van der Waals surface area contributed by atoms with Gasteiger partial charge < -0.3 is 15.8 Å². The minimum absolute atomic E-state index is 0.297. The van der Waals surface area contributed by atoms with Crippen LogP contribution in [-0.4, -0.2) is 18.0 Å². The molecule has 0 bridgehead atoms. The number of ether oxygens (including phenoxy) is 1. The largest absolute Gasteiger partial charge is 0.496 e. The summed E-state index contributed by atoms with van der Waals surface area (Å²) in [7, 11) is 1.50. The lowest BCUT2D eigenvalue weighted by atomic mass is 10.1. The first-order valence-electron chi connectivity index (χ1n) is 6.34. The van der Waals surface area contributed by atoms with Gasteiger partial charge in [0, 0.05) is 17.5 Å². The molecular weight excluding hydrogens is 293 g/mol. The van der Waals surface area contributed by atoms with Crippen LogP contribution in [0.5, 0.6) is 5.75 Å². The standard InChI is InChI=1S/C14H16FN3O2S/c1-8(10-5-9(15)3-4-12(10)20-2)17-14(19)11-7-21-13(6-16)18-11/h3-5,7-8H,6,16H2,1-2H3,(H,17,19). The molecule has 0 spiro atoms. The molecule has 1 heterocycles. The summed E-state index contributed by atoms with van der Waals surface area (Å²) in [6.07, 6.45) is 0. The lowest BCUT2D eigenvalue weighted by molar-refractivity contribution is 0.0935. The summed E-state index contributed by atoms with van der Waals surface area (Å²) in [6.45, 7) is 2.05. The second-order valence-electron chi connectivity index (χ2n) is 4.41. The Morgan fingerprint density at radius 1 is 1.57 bits per heavy atom. The number of carbonyl (C=O) groups is 1. The fraction of sp³-hybridized carbons (Fsp3) is 0.286. The zero-order valence-corrected chi connectivity index (χ0v) is 12.5. The van der Waals surface area contributed by atoms with E-state index in [-0.39, 0.29) is 11.7 Å². The highest BCUT2D eigenvalue weighted by Gasteiger charge is 2.17. The number of amides is 1. The maximum Gasteiger partial charge on any atom is 0.271 e. The van der Waals surface area contributed by atoms with E-state index < -0.39 is 6.04 Å². The zero-order valence-electron chi connectivity index (χ0n) is 11.7. The number of benzene rings is 1. The molecule has 0 aliphatic heterocycles. The van der Waals surface area contributed by atoms with E-state index in [0.717, 1.165) is 0 Å². The van der Waals surface area contributed by atoms with Gasteiger partial charge in [-0.05, 0) is 25.1 Å². The highest BCUT2D eigenvalue weighted by Crippen LogP contribution is 2.26. The Morgan fingerprint density at radius 2 is 2.33 bits per heavy atom. The monoisotopic (exact) mass is 309 g/mol. The van der Waals surface area contributed by atoms with Crippen LogP contribution < -0.4 is 15.8 Å². The molecule has 1 amide bonds. The number of carbonyl (C=O) groups excluding carboxylic acids is 1. The zero-order chi connectivity index (χ0) is 15.4. The topological polar surface area (TPSA) is 77.2 Å². The Kier molecular flexibility index (Phi) is 4.87. The van der Waals surface area contributed by atoms with Crippen molar-refractivity contribution < 1.29 is 13.9 Å². The molecule has 5 nitrogen and oxygen atoms in total. The van der Waals surface area contributed by atoms with Crippen LogP contribution in [0.25, 0.3) is 0 Å². The van der Waals surface area contributed by atoms with Crippen LogP contribution in [-0.2, 0) is 6.54 Å². The fourth-order valence-corrected chi connectivity index (χ4v) is 2.56. The average molecular weight is 309 g/mol. The molecule has 0 aliphatic carbocycles. The number of nitrogens with one attached hydrogen (secondary N) is 1. The summed E-state index contributed by atoms with van der Waals surface area (Å²) in [5, 5.41) is 5.11.